The van der Waals surface area contributed by atoms with Crippen LogP contribution in [-0.4, -0.2) is 111 Å². The molecule has 0 aliphatic carbocycles. The molecule has 29 heteroatoms. The van der Waals surface area contributed by atoms with Crippen molar-refractivity contribution in [2.45, 2.75) is 98.2 Å². The second kappa shape index (κ2) is 63.4. The van der Waals surface area contributed by atoms with Gasteiger partial charge in [0.25, 0.3) is 0 Å². The molecule has 13 aromatic heterocycles. The first-order chi connectivity index (χ1) is 70.1. The van der Waals surface area contributed by atoms with E-state index in [0.717, 1.165) is 166 Å². The average Bonchev–Trinajstić information content (AvgIpc) is 1.52. The molecule has 23 nitrogen and oxygen atoms in total. The van der Waals surface area contributed by atoms with Crippen molar-refractivity contribution in [2.75, 3.05) is 26.3 Å². The van der Waals surface area contributed by atoms with Gasteiger partial charge in [-0.3, -0.25) is 34.6 Å². The number of benzene rings is 7. The molecule has 13 heterocycles. The van der Waals surface area contributed by atoms with Crippen LogP contribution in [0.25, 0.3) is 107 Å². The van der Waals surface area contributed by atoms with Crippen LogP contribution in [0.1, 0.15) is 86.3 Å². The minimum absolute atomic E-state index is 0. The molecule has 20 rings (SSSR count). The first kappa shape index (κ1) is 115. The molecule has 0 aliphatic rings. The largest absolute Gasteiger partial charge is 3.00 e. The number of halogens is 1. The number of phenols is 2. The Hall–Kier alpha value is -14.0. The van der Waals surface area contributed by atoms with Crippen molar-refractivity contribution in [2.24, 2.45) is 0 Å². The fourth-order valence-corrected chi connectivity index (χ4v) is 15.0. The summed E-state index contributed by atoms with van der Waals surface area (Å²) in [6.45, 7) is 9.45. The molecule has 0 spiro atoms. The van der Waals surface area contributed by atoms with Gasteiger partial charge in [0.2, 0.25) is 0 Å². The molecule has 0 saturated heterocycles. The Morgan fingerprint density at radius 3 is 1.40 bits per heavy atom. The van der Waals surface area contributed by atoms with E-state index in [1.807, 2.05) is 297 Å². The quantitative estimate of drug-likeness (QED) is 0.0212. The number of para-hydroxylation sites is 2. The molecule has 0 amide bonds. The van der Waals surface area contributed by atoms with Gasteiger partial charge in [-0.05, 0) is 157 Å². The summed E-state index contributed by atoms with van der Waals surface area (Å²) in [4.78, 5) is 62.4. The van der Waals surface area contributed by atoms with Crippen LogP contribution >= 0.6 is 0 Å². The monoisotopic (exact) mass is 2840 g/mol. The zero-order valence-corrected chi connectivity index (χ0v) is 92.7. The molecule has 147 heavy (non-hydrogen) atoms. The van der Waals surface area contributed by atoms with Crippen LogP contribution in [0.2, 0.25) is 0 Å². The van der Waals surface area contributed by atoms with E-state index >= 15 is 0 Å². The van der Waals surface area contributed by atoms with Gasteiger partial charge in [-0.15, -0.1) is 174 Å². The van der Waals surface area contributed by atoms with E-state index in [1.54, 1.807) is 98.1 Å². The van der Waals surface area contributed by atoms with Crippen LogP contribution in [0, 0.1) is 43.5 Å². The van der Waals surface area contributed by atoms with Crippen LogP contribution in [-0.2, 0) is 140 Å². The molecular formula is C118H106FIr5N19O4-5. The second-order valence-corrected chi connectivity index (χ2v) is 32.5. The van der Waals surface area contributed by atoms with Crippen molar-refractivity contribution in [1.82, 2.24) is 89.5 Å². The van der Waals surface area contributed by atoms with Crippen LogP contribution in [0.3, 0.4) is 0 Å². The molecule has 0 saturated carbocycles. The Morgan fingerprint density at radius 2 is 0.864 bits per heavy atom. The number of unbranched alkanes of at least 4 members (excludes halogenated alkanes) is 5. The number of hydrogen-bond acceptors (Lipinski definition) is 18. The summed E-state index contributed by atoms with van der Waals surface area (Å²) < 4.78 is 27.9. The predicted molar refractivity (Wildman–Crippen MR) is 549 cm³/mol. The van der Waals surface area contributed by atoms with E-state index in [-0.39, 0.29) is 112 Å². The fourth-order valence-electron chi connectivity index (χ4n) is 15.0. The van der Waals surface area contributed by atoms with E-state index in [0.29, 0.717) is 78.4 Å². The number of ether oxygens (including phenoxy) is 2. The van der Waals surface area contributed by atoms with Crippen LogP contribution in [0.5, 0.6) is 23.0 Å². The second-order valence-electron chi connectivity index (χ2n) is 32.5. The Morgan fingerprint density at radius 1 is 0.381 bits per heavy atom. The van der Waals surface area contributed by atoms with Crippen LogP contribution in [0.4, 0.5) is 4.39 Å². The Labute approximate surface area is 925 Å². The summed E-state index contributed by atoms with van der Waals surface area (Å²) >= 11 is 0. The summed E-state index contributed by atoms with van der Waals surface area (Å²) in [6, 6.07) is 120. The third-order valence-corrected chi connectivity index (χ3v) is 22.1. The van der Waals surface area contributed by atoms with Crippen molar-refractivity contribution in [3.05, 3.63) is 461 Å². The fraction of sp³-hybridized carbons (Fsp3) is 0.161. The van der Waals surface area contributed by atoms with Gasteiger partial charge in [-0.25, -0.2) is 19.3 Å². The van der Waals surface area contributed by atoms with E-state index in [1.165, 1.54) is 17.5 Å². The maximum atomic E-state index is 12.3. The number of aromatic nitrogens is 17. The summed E-state index contributed by atoms with van der Waals surface area (Å²) in [7, 11) is 0. The number of phenolic OH excluding ortho intramolecular Hbond substituents is 2. The van der Waals surface area contributed by atoms with Crippen molar-refractivity contribution in [3.63, 3.8) is 0 Å². The number of pyridine rings is 9. The molecule has 0 aliphatic heterocycles. The Balaban J connectivity index is 0.000000191. The van der Waals surface area contributed by atoms with Crippen LogP contribution < -0.4 is 29.2 Å². The number of nitrogens with zero attached hydrogens (tertiary/aromatic N) is 19. The SMILES string of the molecule is CCc1cccc(-c2[c-]cccc2)n1.Cc1c[c-]n(-c2cccc(CF)n2)n1.Oc1ccccc1-c1cccc(-c2cccc(-c3ccccc3O)n2)n1.[Ir+3].[Ir].[Ir].[Ir].[Ir].[c-]1ccccc1-c1cccc(-c2[c-]cc(OCCCCCCCCOc3cccnc3-c3[c-]c(-c4ccccn4)ccc3)cc2)n1.[c-]1ccccc1-c1ccccn1.c1ccc(CN(CCCN(Cc2ncc[n-]2)C[n+]2ccc[n-]2)Cc2ncc[n-]2)nc1. The van der Waals surface area contributed by atoms with Crippen molar-refractivity contribution >= 4 is 0 Å². The Kier molecular flexibility index (Phi) is 49.6. The Bertz CT molecular complexity index is 6910. The van der Waals surface area contributed by atoms with Crippen molar-refractivity contribution in [1.29, 1.82) is 0 Å². The summed E-state index contributed by atoms with van der Waals surface area (Å²) in [5, 5.41) is 28.6. The third-order valence-electron chi connectivity index (χ3n) is 22.1. The van der Waals surface area contributed by atoms with Gasteiger partial charge in [0.05, 0.1) is 53.2 Å². The molecule has 0 atom stereocenters. The normalized spacial score (nSPS) is 10.4. The molecule has 754 valence electrons. The topological polar surface area (TPSA) is 271 Å². The third kappa shape index (κ3) is 36.9. The standard InChI is InChI=1S/C41H36N3O2.C22H16N2O2.C21H25N9.C13H12N.C11H8N.C10H9FN3.5Ir/c1(3-10-29-45-36-25-23-33(24-26-36)39-21-13-20-38(44-39)32-15-6-5-7-16-32)2-4-11-30-46-40-22-14-28-43-41(40)35-18-12-17-34(31-35)37-19-8-9-27-42-37;25-21-13-3-1-7-15(21)17-9-5-11-19(23-17)20-12-6-10-18(24-20)16-8-2-4-14-22(16)26;1-2-6-22-19(5-1)15-28(16-20-23-8-9-24-20)12-4-13-29(17-21-25-10-11-26-21)18-30-14-3-7-27-30;1-2-12-9-6-10-13(14-12)11-7-4-3-5-8-11;1-2-6-10(7-3-1)11-8-4-5-9-12-11;1-8-5-6-14(13-8)10-4-2-3-9(7-11)12-10;;;;;/h5-9,12-15,17-23,25-28H,1-4,10-11,29-30H2;1-14,25-26H;1-3,5-11,14H,4,12-13,15-18H2;3-7,9-10H,2H2,1H3;1-6,8-9H;2-5H,7H2,1H3;;;;;/q-3;;-2;3*-1;;;;;+3. The number of imidazole rings is 2. The maximum absolute atomic E-state index is 12.3. The zero-order chi connectivity index (χ0) is 97.6. The number of rotatable bonds is 35. The van der Waals surface area contributed by atoms with Gasteiger partial charge in [0, 0.05) is 172 Å². The average molecular weight is 2830 g/mol. The summed E-state index contributed by atoms with van der Waals surface area (Å²) in [5.74, 6) is 4.26. The first-order valence-corrected chi connectivity index (χ1v) is 47.1. The first-order valence-electron chi connectivity index (χ1n) is 47.1. The number of hydrogen-bond donors (Lipinski definition) is 2. The van der Waals surface area contributed by atoms with Gasteiger partial charge in [-0.1, -0.05) is 202 Å². The number of alkyl halides is 1. The van der Waals surface area contributed by atoms with E-state index in [2.05, 4.69) is 129 Å². The van der Waals surface area contributed by atoms with Crippen molar-refractivity contribution < 1.29 is 129 Å². The molecule has 7 aromatic carbocycles. The minimum Gasteiger partial charge on any atom is -0.537 e. The molecule has 0 bridgehead atoms. The molecule has 2 N–H and O–H groups in total. The summed E-state index contributed by atoms with van der Waals surface area (Å²) in [5.41, 5.74) is 18.9. The van der Waals surface area contributed by atoms with Gasteiger partial charge >= 0.3 is 20.1 Å². The summed E-state index contributed by atoms with van der Waals surface area (Å²) in [6.07, 6.45) is 29.4. The molecule has 20 aromatic rings. The molecular weight excluding hydrogens is 2730 g/mol. The minimum atomic E-state index is -0.561. The van der Waals surface area contributed by atoms with Crippen molar-refractivity contribution in [3.8, 4) is 130 Å². The van der Waals surface area contributed by atoms with Gasteiger partial charge in [0.15, 0.2) is 12.9 Å². The zero-order valence-electron chi connectivity index (χ0n) is 80.7. The number of aromatic hydroxyl groups is 2. The van der Waals surface area contributed by atoms with Gasteiger partial charge < -0.3 is 64.4 Å². The van der Waals surface area contributed by atoms with E-state index in [9.17, 15) is 14.6 Å². The van der Waals surface area contributed by atoms with E-state index < -0.39 is 6.67 Å². The molecule has 0 unspecified atom stereocenters. The maximum Gasteiger partial charge on any atom is 3.00 e. The predicted octanol–water partition coefficient (Wildman–Crippen LogP) is 22.7. The number of aryl methyl sites for hydroxylation is 2. The molecule has 0 fully saturated rings. The van der Waals surface area contributed by atoms with Gasteiger partial charge in [0.1, 0.15) is 23.9 Å². The van der Waals surface area contributed by atoms with Gasteiger partial charge in [-0.2, -0.15) is 0 Å². The smallest absolute Gasteiger partial charge is 0.537 e. The van der Waals surface area contributed by atoms with E-state index in [4.69, 9.17) is 14.5 Å². The van der Waals surface area contributed by atoms with Crippen LogP contribution in [0.15, 0.2) is 390 Å². The molecule has 4 radical (unpaired) electrons.